The molecule has 0 heterocycles. The summed E-state index contributed by atoms with van der Waals surface area (Å²) in [4.78, 5) is 7.24. The van der Waals surface area contributed by atoms with E-state index in [2.05, 4.69) is 42.5 Å². The Morgan fingerprint density at radius 1 is 1.00 bits per heavy atom. The Labute approximate surface area is 90.9 Å². The maximum absolute atomic E-state index is 3.62. The van der Waals surface area contributed by atoms with E-state index in [0.29, 0.717) is 0 Å². The number of allylic oxidation sites excluding steroid dienone is 1. The highest BCUT2D eigenvalue weighted by Crippen LogP contribution is 1.87. The van der Waals surface area contributed by atoms with Gasteiger partial charge in [-0.3, -0.25) is 0 Å². The van der Waals surface area contributed by atoms with Crippen LogP contribution in [0.3, 0.4) is 0 Å². The maximum Gasteiger partial charge on any atom is 0.209 e. The topological polar surface area (TPSA) is 24.1 Å². The van der Waals surface area contributed by atoms with Crippen molar-refractivity contribution in [2.45, 2.75) is 46.5 Å². The molecule has 0 aromatic heterocycles. The molecule has 0 unspecified atom stereocenters. The van der Waals surface area contributed by atoms with Crippen LogP contribution in [0, 0.1) is 0 Å². The molecule has 0 atom stereocenters. The van der Waals surface area contributed by atoms with Crippen LogP contribution in [-0.2, 0) is 0 Å². The number of hydrogen-bond acceptors (Lipinski definition) is 2. The molecule has 0 saturated carbocycles. The second-order valence-corrected chi connectivity index (χ2v) is 5.78. The van der Waals surface area contributed by atoms with Crippen LogP contribution in [0.1, 0.15) is 46.5 Å². The van der Waals surface area contributed by atoms with E-state index >= 15 is 0 Å². The lowest BCUT2D eigenvalue weighted by Gasteiger charge is -2.14. The van der Waals surface area contributed by atoms with Gasteiger partial charge in [0, 0.05) is 0 Å². The molecule has 0 rings (SSSR count). The van der Waals surface area contributed by atoms with Gasteiger partial charge in [0.15, 0.2) is 0 Å². The molecule has 0 amide bonds. The van der Waals surface area contributed by atoms with E-state index in [4.69, 9.17) is 0 Å². The van der Waals surface area contributed by atoms with Gasteiger partial charge in [-0.15, -0.1) is 0 Å². The monoisotopic (exact) mass is 214 g/mol. The lowest BCUT2D eigenvalue weighted by atomic mass is 10.3. The summed E-state index contributed by atoms with van der Waals surface area (Å²) < 4.78 is 0. The minimum atomic E-state index is -0.978. The summed E-state index contributed by atoms with van der Waals surface area (Å²) in [5, 5.41) is 0. The van der Waals surface area contributed by atoms with E-state index in [1.165, 1.54) is 25.7 Å². The van der Waals surface area contributed by atoms with Crippen LogP contribution in [-0.4, -0.2) is 22.2 Å². The number of unbranched alkanes of at least 4 members (excludes halogenated alkanes) is 2. The van der Waals surface area contributed by atoms with Gasteiger partial charge in [0.25, 0.3) is 0 Å². The molecule has 2 N–H and O–H groups in total. The molecule has 0 saturated heterocycles. The second-order valence-electron chi connectivity index (χ2n) is 3.62. The lowest BCUT2D eigenvalue weighted by molar-refractivity contribution is 0.725. The van der Waals surface area contributed by atoms with Gasteiger partial charge in [-0.05, 0) is 32.9 Å². The molecule has 0 aliphatic carbocycles. The maximum atomic E-state index is 3.62. The number of nitrogens with one attached hydrogen (secondary N) is 2. The van der Waals surface area contributed by atoms with Crippen molar-refractivity contribution in [1.82, 2.24) is 9.96 Å². The Kier molecular flexibility index (Phi) is 10.9. The van der Waals surface area contributed by atoms with Crippen LogP contribution in [0.5, 0.6) is 0 Å². The molecular weight excluding hydrogens is 188 g/mol. The molecule has 0 radical (unpaired) electrons. The Morgan fingerprint density at radius 3 is 1.86 bits per heavy atom. The van der Waals surface area contributed by atoms with E-state index in [1.807, 2.05) is 0 Å². The van der Waals surface area contributed by atoms with Gasteiger partial charge in [-0.2, -0.15) is 0 Å². The molecule has 2 nitrogen and oxygen atoms in total. The summed E-state index contributed by atoms with van der Waals surface area (Å²) in [6.45, 7) is 8.90. The molecule has 0 bridgehead atoms. The first-order chi connectivity index (χ1) is 6.85. The molecule has 3 heteroatoms. The van der Waals surface area contributed by atoms with Crippen molar-refractivity contribution in [2.24, 2.45) is 0 Å². The molecule has 0 aliphatic rings. The molecule has 0 spiro atoms. The summed E-state index contributed by atoms with van der Waals surface area (Å²) in [7, 11) is -0.978. The minimum Gasteiger partial charge on any atom is -0.325 e. The van der Waals surface area contributed by atoms with E-state index < -0.39 is 9.12 Å². The van der Waals surface area contributed by atoms with Gasteiger partial charge in [0.2, 0.25) is 9.12 Å². The highest BCUT2D eigenvalue weighted by Gasteiger charge is 2.03. The first kappa shape index (κ1) is 13.9. The summed E-state index contributed by atoms with van der Waals surface area (Å²) in [5.74, 6) is 0. The van der Waals surface area contributed by atoms with Crippen LogP contribution in [0.25, 0.3) is 0 Å². The predicted octanol–water partition coefficient (Wildman–Crippen LogP) is 2.10. The van der Waals surface area contributed by atoms with Crippen molar-refractivity contribution >= 4 is 9.12 Å². The SMILES string of the molecule is CC=C[SiH](NCCCC)NCCCC. The lowest BCUT2D eigenvalue weighted by Crippen LogP contribution is -2.46. The van der Waals surface area contributed by atoms with Crippen LogP contribution in [0.4, 0.5) is 0 Å². The van der Waals surface area contributed by atoms with E-state index in [0.717, 1.165) is 13.1 Å². The fourth-order valence-electron chi connectivity index (χ4n) is 1.27. The van der Waals surface area contributed by atoms with Crippen molar-refractivity contribution < 1.29 is 0 Å². The Balaban J connectivity index is 3.55. The average Bonchev–Trinajstić information content (AvgIpc) is 2.18. The summed E-state index contributed by atoms with van der Waals surface area (Å²) in [6, 6.07) is 0. The van der Waals surface area contributed by atoms with E-state index in [9.17, 15) is 0 Å². The smallest absolute Gasteiger partial charge is 0.209 e. The zero-order chi connectivity index (χ0) is 10.6. The summed E-state index contributed by atoms with van der Waals surface area (Å²) >= 11 is 0. The van der Waals surface area contributed by atoms with Gasteiger partial charge in [-0.25, -0.2) is 0 Å². The largest absolute Gasteiger partial charge is 0.325 e. The first-order valence-electron chi connectivity index (χ1n) is 5.94. The predicted molar refractivity (Wildman–Crippen MR) is 67.8 cm³/mol. The van der Waals surface area contributed by atoms with Crippen molar-refractivity contribution in [3.05, 3.63) is 11.8 Å². The molecule has 14 heavy (non-hydrogen) atoms. The first-order valence-corrected chi connectivity index (χ1v) is 7.76. The van der Waals surface area contributed by atoms with Crippen molar-refractivity contribution in [2.75, 3.05) is 13.1 Å². The average molecular weight is 214 g/mol. The van der Waals surface area contributed by atoms with Crippen LogP contribution in [0.15, 0.2) is 11.8 Å². The van der Waals surface area contributed by atoms with Crippen molar-refractivity contribution in [3.8, 4) is 0 Å². The normalized spacial score (nSPS) is 11.7. The standard InChI is InChI=1S/C11H26N2Si/c1-4-7-9-12-14(11-6-3)13-10-8-5-2/h6,11-14H,4-5,7-10H2,1-3H3. The Hall–Kier alpha value is -0.123. The van der Waals surface area contributed by atoms with Crippen LogP contribution < -0.4 is 9.96 Å². The summed E-state index contributed by atoms with van der Waals surface area (Å²) in [6.07, 6.45) is 7.29. The van der Waals surface area contributed by atoms with Gasteiger partial charge < -0.3 is 9.96 Å². The third-order valence-corrected chi connectivity index (χ3v) is 4.40. The highest BCUT2D eigenvalue weighted by atomic mass is 28.3. The third-order valence-electron chi connectivity index (χ3n) is 2.17. The molecule has 0 aliphatic heterocycles. The van der Waals surface area contributed by atoms with E-state index in [1.54, 1.807) is 0 Å². The highest BCUT2D eigenvalue weighted by molar-refractivity contribution is 6.58. The fraction of sp³-hybridized carbons (Fsp3) is 0.818. The van der Waals surface area contributed by atoms with Gasteiger partial charge in [-0.1, -0.05) is 38.5 Å². The summed E-state index contributed by atoms with van der Waals surface area (Å²) in [5.41, 5.74) is 2.32. The van der Waals surface area contributed by atoms with Gasteiger partial charge >= 0.3 is 0 Å². The quantitative estimate of drug-likeness (QED) is 0.454. The Morgan fingerprint density at radius 2 is 1.50 bits per heavy atom. The van der Waals surface area contributed by atoms with Crippen LogP contribution >= 0.6 is 0 Å². The Bertz CT molecular complexity index is 127. The molecule has 0 aromatic rings. The number of rotatable bonds is 9. The fourth-order valence-corrected chi connectivity index (χ4v) is 3.10. The second kappa shape index (κ2) is 11.0. The minimum absolute atomic E-state index is 0.978. The molecule has 0 aromatic carbocycles. The van der Waals surface area contributed by atoms with Gasteiger partial charge in [0.1, 0.15) is 0 Å². The molecule has 84 valence electrons. The third kappa shape index (κ3) is 8.47. The van der Waals surface area contributed by atoms with E-state index in [-0.39, 0.29) is 0 Å². The van der Waals surface area contributed by atoms with Gasteiger partial charge in [0.05, 0.1) is 0 Å². The number of hydrogen-bond donors (Lipinski definition) is 2. The molecular formula is C11H26N2Si. The zero-order valence-corrected chi connectivity index (χ0v) is 11.1. The van der Waals surface area contributed by atoms with Crippen LogP contribution in [0.2, 0.25) is 0 Å². The van der Waals surface area contributed by atoms with Crippen molar-refractivity contribution in [1.29, 1.82) is 0 Å². The zero-order valence-electron chi connectivity index (χ0n) is 9.97. The van der Waals surface area contributed by atoms with Crippen molar-refractivity contribution in [3.63, 3.8) is 0 Å². The molecule has 0 fully saturated rings.